The van der Waals surface area contributed by atoms with Gasteiger partial charge in [0.1, 0.15) is 6.04 Å². The maximum Gasteiger partial charge on any atom is 0.237 e. The number of fused-ring (bicyclic) bond motifs is 2. The molecule has 5 heteroatoms. The van der Waals surface area contributed by atoms with Gasteiger partial charge in [-0.15, -0.1) is 0 Å². The second-order valence-electron chi connectivity index (χ2n) is 8.21. The fourth-order valence-electron chi connectivity index (χ4n) is 5.38. The van der Waals surface area contributed by atoms with Gasteiger partial charge in [0.05, 0.1) is 18.7 Å². The molecule has 4 fully saturated rings. The minimum absolute atomic E-state index is 0.00987. The first kappa shape index (κ1) is 14.5. The number of likely N-dealkylation sites (tertiary alicyclic amines) is 1. The van der Waals surface area contributed by atoms with Crippen LogP contribution in [0.15, 0.2) is 0 Å². The van der Waals surface area contributed by atoms with Crippen molar-refractivity contribution in [3.8, 4) is 6.07 Å². The Morgan fingerprint density at radius 1 is 1.27 bits per heavy atom. The highest BCUT2D eigenvalue weighted by Gasteiger charge is 2.54. The third-order valence-corrected chi connectivity index (χ3v) is 6.45. The normalized spacial score (nSPS) is 48.9. The minimum atomic E-state index is -0.205. The van der Waals surface area contributed by atoms with Gasteiger partial charge in [0, 0.05) is 11.6 Å². The number of carbonyl (C=O) groups excluding carboxylic acids is 1. The topological polar surface area (TPSA) is 76.4 Å². The molecule has 4 aliphatic rings. The van der Waals surface area contributed by atoms with Gasteiger partial charge in [0.25, 0.3) is 0 Å². The number of hydrogen-bond acceptors (Lipinski definition) is 4. The summed E-state index contributed by atoms with van der Waals surface area (Å²) < 4.78 is 0. The molecule has 5 nitrogen and oxygen atoms in total. The first-order chi connectivity index (χ1) is 10.5. The van der Waals surface area contributed by atoms with E-state index in [0.29, 0.717) is 30.3 Å². The molecule has 3 aliphatic carbocycles. The van der Waals surface area contributed by atoms with E-state index < -0.39 is 0 Å². The van der Waals surface area contributed by atoms with Gasteiger partial charge >= 0.3 is 0 Å². The summed E-state index contributed by atoms with van der Waals surface area (Å²) in [6, 6.07) is 2.41. The van der Waals surface area contributed by atoms with Crippen molar-refractivity contribution in [2.24, 2.45) is 17.8 Å². The van der Waals surface area contributed by atoms with Gasteiger partial charge in [-0.25, -0.2) is 0 Å². The maximum atomic E-state index is 12.5. The molecule has 0 bridgehead atoms. The van der Waals surface area contributed by atoms with Crippen LogP contribution in [0.25, 0.3) is 0 Å². The average molecular weight is 303 g/mol. The number of hydrogen-bond donors (Lipinski definition) is 2. The molecule has 0 aromatic carbocycles. The fourth-order valence-corrected chi connectivity index (χ4v) is 5.38. The quantitative estimate of drug-likeness (QED) is 0.816. The highest BCUT2D eigenvalue weighted by molar-refractivity contribution is 5.80. The van der Waals surface area contributed by atoms with E-state index in [-0.39, 0.29) is 23.6 Å². The molecular weight excluding hydrogens is 278 g/mol. The number of aliphatic hydroxyl groups is 1. The van der Waals surface area contributed by atoms with Crippen molar-refractivity contribution in [2.45, 2.75) is 69.2 Å². The Hall–Kier alpha value is -1.12. The molecule has 0 unspecified atom stereocenters. The summed E-state index contributed by atoms with van der Waals surface area (Å²) >= 11 is 0. The molecule has 2 N–H and O–H groups in total. The zero-order valence-corrected chi connectivity index (χ0v) is 13.2. The molecule has 0 aromatic rings. The molecular formula is C17H25N3O2. The smallest absolute Gasteiger partial charge is 0.237 e. The van der Waals surface area contributed by atoms with Gasteiger partial charge in [0.15, 0.2) is 0 Å². The SMILES string of the molecule is C[C@@]1(NCC(=O)N2[C@H](C#N)C[C@@H]3C[C@@H]32)C[C@H]2C[C@@H](O)C[C@H]2C1. The van der Waals surface area contributed by atoms with Gasteiger partial charge in [0.2, 0.25) is 5.91 Å². The molecule has 1 heterocycles. The number of nitriles is 1. The van der Waals surface area contributed by atoms with Crippen LogP contribution >= 0.6 is 0 Å². The zero-order valence-electron chi connectivity index (χ0n) is 13.2. The highest BCUT2D eigenvalue weighted by Crippen LogP contribution is 2.49. The number of nitrogens with one attached hydrogen (secondary N) is 1. The Balaban J connectivity index is 1.33. The van der Waals surface area contributed by atoms with Crippen LogP contribution < -0.4 is 5.32 Å². The molecule has 0 spiro atoms. The number of aliphatic hydroxyl groups excluding tert-OH is 1. The largest absolute Gasteiger partial charge is 0.393 e. The predicted octanol–water partition coefficient (Wildman–Crippen LogP) is 1.03. The van der Waals surface area contributed by atoms with Crippen LogP contribution in [0, 0.1) is 29.1 Å². The number of piperidine rings is 1. The lowest BCUT2D eigenvalue weighted by molar-refractivity contribution is -0.131. The molecule has 0 aromatic heterocycles. The standard InChI is InChI=1S/C17H25N3O2/c1-17(6-11-3-14(21)4-12(11)7-17)19-9-16(22)20-13(8-18)2-10-5-15(10)20/h10-15,19,21H,2-7,9H2,1H3/t10-,11-,12+,13+,14-,15+,17-/m1/s1. The van der Waals surface area contributed by atoms with E-state index in [0.717, 1.165) is 38.5 Å². The fraction of sp³-hybridized carbons (Fsp3) is 0.882. The number of nitrogens with zero attached hydrogens (tertiary/aromatic N) is 2. The van der Waals surface area contributed by atoms with Gasteiger partial charge in [-0.1, -0.05) is 0 Å². The second-order valence-corrected chi connectivity index (χ2v) is 8.21. The Kier molecular flexibility index (Phi) is 3.25. The third kappa shape index (κ3) is 2.33. The molecule has 1 aliphatic heterocycles. The third-order valence-electron chi connectivity index (χ3n) is 6.45. The minimum Gasteiger partial charge on any atom is -0.393 e. The van der Waals surface area contributed by atoms with E-state index in [2.05, 4.69) is 18.3 Å². The predicted molar refractivity (Wildman–Crippen MR) is 80.6 cm³/mol. The molecule has 4 rings (SSSR count). The summed E-state index contributed by atoms with van der Waals surface area (Å²) in [5.41, 5.74) is 0.00987. The van der Waals surface area contributed by atoms with Crippen LogP contribution in [0.4, 0.5) is 0 Å². The number of carbonyl (C=O) groups is 1. The van der Waals surface area contributed by atoms with Gasteiger partial charge in [-0.2, -0.15) is 5.26 Å². The lowest BCUT2D eigenvalue weighted by Gasteiger charge is -2.29. The van der Waals surface area contributed by atoms with Crippen molar-refractivity contribution < 1.29 is 9.90 Å². The van der Waals surface area contributed by atoms with Crippen molar-refractivity contribution in [2.75, 3.05) is 6.54 Å². The zero-order chi connectivity index (χ0) is 15.5. The lowest BCUT2D eigenvalue weighted by Crippen LogP contribution is -2.49. The summed E-state index contributed by atoms with van der Waals surface area (Å²) in [5, 5.41) is 22.4. The van der Waals surface area contributed by atoms with E-state index in [4.69, 9.17) is 0 Å². The molecule has 1 saturated heterocycles. The van der Waals surface area contributed by atoms with Crippen LogP contribution in [0.5, 0.6) is 0 Å². The summed E-state index contributed by atoms with van der Waals surface area (Å²) in [4.78, 5) is 14.4. The maximum absolute atomic E-state index is 12.5. The van der Waals surface area contributed by atoms with Crippen molar-refractivity contribution in [3.05, 3.63) is 0 Å². The Morgan fingerprint density at radius 3 is 2.59 bits per heavy atom. The second kappa shape index (κ2) is 4.94. The van der Waals surface area contributed by atoms with E-state index in [1.54, 1.807) is 0 Å². The Labute approximate surface area is 131 Å². The van der Waals surface area contributed by atoms with Crippen LogP contribution in [0.3, 0.4) is 0 Å². The van der Waals surface area contributed by atoms with Crippen LogP contribution in [-0.4, -0.2) is 46.2 Å². The summed E-state index contributed by atoms with van der Waals surface area (Å²) in [5.74, 6) is 1.88. The molecule has 0 radical (unpaired) electrons. The Bertz CT molecular complexity index is 514. The van der Waals surface area contributed by atoms with E-state index in [1.807, 2.05) is 4.90 Å². The Morgan fingerprint density at radius 2 is 1.95 bits per heavy atom. The van der Waals surface area contributed by atoms with E-state index in [9.17, 15) is 15.2 Å². The van der Waals surface area contributed by atoms with Crippen molar-refractivity contribution in [3.63, 3.8) is 0 Å². The van der Waals surface area contributed by atoms with Crippen LogP contribution in [0.2, 0.25) is 0 Å². The summed E-state index contributed by atoms with van der Waals surface area (Å²) in [6.45, 7) is 2.55. The molecule has 1 amide bonds. The first-order valence-corrected chi connectivity index (χ1v) is 8.63. The van der Waals surface area contributed by atoms with Gasteiger partial charge < -0.3 is 15.3 Å². The monoisotopic (exact) mass is 303 g/mol. The summed E-state index contributed by atoms with van der Waals surface area (Å²) in [6.07, 6.45) is 5.78. The van der Waals surface area contributed by atoms with Gasteiger partial charge in [-0.3, -0.25) is 4.79 Å². The van der Waals surface area contributed by atoms with Crippen molar-refractivity contribution >= 4 is 5.91 Å². The summed E-state index contributed by atoms with van der Waals surface area (Å²) in [7, 11) is 0. The number of rotatable bonds is 3. The van der Waals surface area contributed by atoms with Crippen molar-refractivity contribution in [1.29, 1.82) is 5.26 Å². The van der Waals surface area contributed by atoms with E-state index >= 15 is 0 Å². The highest BCUT2D eigenvalue weighted by atomic mass is 16.3. The van der Waals surface area contributed by atoms with Gasteiger partial charge in [-0.05, 0) is 63.2 Å². The van der Waals surface area contributed by atoms with Crippen molar-refractivity contribution in [1.82, 2.24) is 10.2 Å². The molecule has 7 atom stereocenters. The average Bonchev–Trinajstić information content (AvgIpc) is 2.83. The number of amides is 1. The van der Waals surface area contributed by atoms with Crippen LogP contribution in [-0.2, 0) is 4.79 Å². The molecule has 22 heavy (non-hydrogen) atoms. The first-order valence-electron chi connectivity index (χ1n) is 8.63. The van der Waals surface area contributed by atoms with E-state index in [1.165, 1.54) is 0 Å². The lowest BCUT2D eigenvalue weighted by atomic mass is 9.95. The molecule has 3 saturated carbocycles. The van der Waals surface area contributed by atoms with Crippen LogP contribution in [0.1, 0.15) is 45.4 Å². The molecule has 120 valence electrons.